The van der Waals surface area contributed by atoms with Gasteiger partial charge in [0.2, 0.25) is 0 Å². The van der Waals surface area contributed by atoms with Gasteiger partial charge in [0.25, 0.3) is 5.91 Å². The fourth-order valence-corrected chi connectivity index (χ4v) is 2.52. The summed E-state index contributed by atoms with van der Waals surface area (Å²) in [4.78, 5) is 16.6. The van der Waals surface area contributed by atoms with Crippen LogP contribution in [0, 0.1) is 0 Å². The van der Waals surface area contributed by atoms with Crippen LogP contribution < -0.4 is 10.6 Å². The molecule has 3 rings (SSSR count). The van der Waals surface area contributed by atoms with E-state index < -0.39 is 6.10 Å². The van der Waals surface area contributed by atoms with Gasteiger partial charge < -0.3 is 15.4 Å². The average molecular weight is 297 g/mol. The highest BCUT2D eigenvalue weighted by atomic mass is 16.5. The monoisotopic (exact) mass is 297 g/mol. The molecule has 2 N–H and O–H groups in total. The topological polar surface area (TPSA) is 63.2 Å². The van der Waals surface area contributed by atoms with Crippen LogP contribution in [0.3, 0.4) is 0 Å². The van der Waals surface area contributed by atoms with Gasteiger partial charge in [-0.2, -0.15) is 0 Å². The first-order chi connectivity index (χ1) is 10.8. The average Bonchev–Trinajstić information content (AvgIpc) is 2.62. The molecule has 0 radical (unpaired) electrons. The van der Waals surface area contributed by atoms with Crippen molar-refractivity contribution in [3.05, 3.63) is 66.0 Å². The second kappa shape index (κ2) is 7.15. The number of nitrogens with zero attached hydrogens (tertiary/aromatic N) is 1. The van der Waals surface area contributed by atoms with Crippen LogP contribution in [0.1, 0.15) is 17.2 Å². The smallest absolute Gasteiger partial charge is 0.251 e. The summed E-state index contributed by atoms with van der Waals surface area (Å²) in [5, 5.41) is 6.25. The molecule has 0 saturated carbocycles. The van der Waals surface area contributed by atoms with Gasteiger partial charge in [-0.25, -0.2) is 0 Å². The van der Waals surface area contributed by atoms with Crippen molar-refractivity contribution >= 4 is 5.91 Å². The lowest BCUT2D eigenvalue weighted by Gasteiger charge is -2.26. The Balaban J connectivity index is 1.81. The molecular formula is C17H19N3O2. The summed E-state index contributed by atoms with van der Waals surface area (Å²) in [5.41, 5.74) is 1.97. The fourth-order valence-electron chi connectivity index (χ4n) is 2.52. The molecule has 1 aliphatic rings. The van der Waals surface area contributed by atoms with Gasteiger partial charge in [0.15, 0.2) is 0 Å². The van der Waals surface area contributed by atoms with Gasteiger partial charge in [-0.3, -0.25) is 9.78 Å². The summed E-state index contributed by atoms with van der Waals surface area (Å²) in [5.74, 6) is -0.107. The van der Waals surface area contributed by atoms with Crippen LogP contribution in [0.4, 0.5) is 0 Å². The molecule has 0 aliphatic carbocycles. The molecule has 2 heterocycles. The van der Waals surface area contributed by atoms with Crippen LogP contribution >= 0.6 is 0 Å². The highest BCUT2D eigenvalue weighted by molar-refractivity contribution is 5.82. The number of benzene rings is 1. The van der Waals surface area contributed by atoms with Gasteiger partial charge in [0.1, 0.15) is 6.10 Å². The predicted molar refractivity (Wildman–Crippen MR) is 83.3 cm³/mol. The van der Waals surface area contributed by atoms with Crippen molar-refractivity contribution in [1.82, 2.24) is 15.6 Å². The van der Waals surface area contributed by atoms with Crippen molar-refractivity contribution in [2.24, 2.45) is 0 Å². The van der Waals surface area contributed by atoms with Crippen molar-refractivity contribution in [2.45, 2.75) is 12.1 Å². The maximum atomic E-state index is 12.5. The number of amides is 1. The Kier molecular flexibility index (Phi) is 4.78. The normalized spacial score (nSPS) is 19.4. The lowest BCUT2D eigenvalue weighted by molar-refractivity contribution is -0.134. The third-order valence-electron chi connectivity index (χ3n) is 3.66. The van der Waals surface area contributed by atoms with Gasteiger partial charge in [0.05, 0.1) is 12.6 Å². The minimum absolute atomic E-state index is 0.107. The Morgan fingerprint density at radius 3 is 2.73 bits per heavy atom. The highest BCUT2D eigenvalue weighted by Crippen LogP contribution is 2.21. The number of pyridine rings is 1. The predicted octanol–water partition coefficient (Wildman–Crippen LogP) is 1.28. The Morgan fingerprint density at radius 1 is 1.23 bits per heavy atom. The van der Waals surface area contributed by atoms with Crippen molar-refractivity contribution in [2.75, 3.05) is 19.7 Å². The van der Waals surface area contributed by atoms with E-state index in [0.29, 0.717) is 13.2 Å². The van der Waals surface area contributed by atoms with E-state index in [0.717, 1.165) is 17.7 Å². The van der Waals surface area contributed by atoms with Gasteiger partial charge in [-0.1, -0.05) is 36.4 Å². The SMILES string of the molecule is O=C(NC(c1ccccc1)c1cccnc1)C1CNCCO1. The number of carbonyl (C=O) groups excluding carboxylic acids is 1. The zero-order valence-corrected chi connectivity index (χ0v) is 12.2. The van der Waals surface area contributed by atoms with Crippen LogP contribution in [-0.4, -0.2) is 36.7 Å². The number of aromatic nitrogens is 1. The maximum Gasteiger partial charge on any atom is 0.251 e. The Labute approximate surface area is 129 Å². The number of hydrogen-bond acceptors (Lipinski definition) is 4. The molecule has 1 aromatic carbocycles. The van der Waals surface area contributed by atoms with E-state index in [9.17, 15) is 4.79 Å². The molecule has 1 fully saturated rings. The zero-order valence-electron chi connectivity index (χ0n) is 12.2. The van der Waals surface area contributed by atoms with Crippen molar-refractivity contribution < 1.29 is 9.53 Å². The Bertz CT molecular complexity index is 558. The number of rotatable bonds is 4. The molecule has 1 saturated heterocycles. The van der Waals surface area contributed by atoms with Crippen LogP contribution in [0.25, 0.3) is 0 Å². The fraction of sp³-hybridized carbons (Fsp3) is 0.294. The van der Waals surface area contributed by atoms with E-state index >= 15 is 0 Å². The molecule has 0 spiro atoms. The van der Waals surface area contributed by atoms with Crippen molar-refractivity contribution in [1.29, 1.82) is 0 Å². The molecule has 5 heteroatoms. The van der Waals surface area contributed by atoms with E-state index in [1.165, 1.54) is 0 Å². The Morgan fingerprint density at radius 2 is 2.05 bits per heavy atom. The van der Waals surface area contributed by atoms with E-state index in [4.69, 9.17) is 4.74 Å². The molecule has 1 amide bonds. The summed E-state index contributed by atoms with van der Waals surface area (Å²) in [6.07, 6.45) is 3.05. The first-order valence-electron chi connectivity index (χ1n) is 7.42. The van der Waals surface area contributed by atoms with Gasteiger partial charge >= 0.3 is 0 Å². The van der Waals surface area contributed by atoms with Crippen molar-refractivity contribution in [3.8, 4) is 0 Å². The van der Waals surface area contributed by atoms with E-state index in [1.807, 2.05) is 42.5 Å². The van der Waals surface area contributed by atoms with E-state index in [-0.39, 0.29) is 11.9 Å². The van der Waals surface area contributed by atoms with Gasteiger partial charge in [-0.15, -0.1) is 0 Å². The van der Waals surface area contributed by atoms with Crippen molar-refractivity contribution in [3.63, 3.8) is 0 Å². The molecule has 2 atom stereocenters. The number of nitrogens with one attached hydrogen (secondary N) is 2. The summed E-state index contributed by atoms with van der Waals surface area (Å²) in [7, 11) is 0. The molecule has 114 valence electrons. The lowest BCUT2D eigenvalue weighted by Crippen LogP contribution is -2.48. The molecule has 1 aliphatic heterocycles. The number of hydrogen-bond donors (Lipinski definition) is 2. The second-order valence-corrected chi connectivity index (χ2v) is 5.20. The lowest BCUT2D eigenvalue weighted by atomic mass is 10.00. The van der Waals surface area contributed by atoms with E-state index in [2.05, 4.69) is 15.6 Å². The second-order valence-electron chi connectivity index (χ2n) is 5.20. The minimum atomic E-state index is -0.448. The molecule has 5 nitrogen and oxygen atoms in total. The molecule has 22 heavy (non-hydrogen) atoms. The van der Waals surface area contributed by atoms with E-state index in [1.54, 1.807) is 12.4 Å². The first-order valence-corrected chi connectivity index (χ1v) is 7.42. The van der Waals surface area contributed by atoms with Crippen LogP contribution in [0.15, 0.2) is 54.9 Å². The summed E-state index contributed by atoms with van der Waals surface area (Å²) >= 11 is 0. The third-order valence-corrected chi connectivity index (χ3v) is 3.66. The number of morpholine rings is 1. The summed E-state index contributed by atoms with van der Waals surface area (Å²) in [6.45, 7) is 1.88. The number of ether oxygens (including phenoxy) is 1. The van der Waals surface area contributed by atoms with Crippen LogP contribution in [-0.2, 0) is 9.53 Å². The molecule has 2 unspecified atom stereocenters. The first kappa shape index (κ1) is 14.7. The standard InChI is InChI=1S/C17H19N3O2/c21-17(15-12-19-9-10-22-15)20-16(13-5-2-1-3-6-13)14-7-4-8-18-11-14/h1-8,11,15-16,19H,9-10,12H2,(H,20,21). The van der Waals surface area contributed by atoms with Gasteiger partial charge in [0, 0.05) is 25.5 Å². The van der Waals surface area contributed by atoms with Crippen LogP contribution in [0.2, 0.25) is 0 Å². The molecule has 0 bridgehead atoms. The quantitative estimate of drug-likeness (QED) is 0.892. The number of carbonyl (C=O) groups is 1. The molecule has 2 aromatic rings. The largest absolute Gasteiger partial charge is 0.366 e. The third kappa shape index (κ3) is 3.50. The minimum Gasteiger partial charge on any atom is -0.366 e. The van der Waals surface area contributed by atoms with Gasteiger partial charge in [-0.05, 0) is 17.2 Å². The highest BCUT2D eigenvalue weighted by Gasteiger charge is 2.25. The molecule has 1 aromatic heterocycles. The zero-order chi connectivity index (χ0) is 15.2. The summed E-state index contributed by atoms with van der Waals surface area (Å²) < 4.78 is 5.52. The maximum absolute atomic E-state index is 12.5. The Hall–Kier alpha value is -2.24. The molecular weight excluding hydrogens is 278 g/mol. The van der Waals surface area contributed by atoms with Crippen LogP contribution in [0.5, 0.6) is 0 Å². The summed E-state index contributed by atoms with van der Waals surface area (Å²) in [6, 6.07) is 13.5.